The molecule has 2 N–H and O–H groups in total. The molecule has 0 spiro atoms. The molecule has 0 amide bonds. The third-order valence-corrected chi connectivity index (χ3v) is 2.84. The van der Waals surface area contributed by atoms with Crippen LogP contribution in [0.5, 0.6) is 0 Å². The van der Waals surface area contributed by atoms with Crippen molar-refractivity contribution in [3.05, 3.63) is 70.5 Å². The van der Waals surface area contributed by atoms with E-state index in [1.807, 2.05) is 19.1 Å². The third kappa shape index (κ3) is 5.14. The second-order valence-corrected chi connectivity index (χ2v) is 4.41. The van der Waals surface area contributed by atoms with Crippen molar-refractivity contribution >= 4 is 11.9 Å². The number of aryl methyl sites for hydroxylation is 1. The summed E-state index contributed by atoms with van der Waals surface area (Å²) in [6, 6.07) is 7.76. The first-order valence-electron chi connectivity index (χ1n) is 6.46. The molecule has 7 heteroatoms. The molecule has 2 rings (SSSR count). The van der Waals surface area contributed by atoms with Crippen LogP contribution in [0.1, 0.15) is 33.2 Å². The molecule has 0 aromatic heterocycles. The smallest absolute Gasteiger partial charge is 0.335 e. The molecule has 0 aliphatic heterocycles. The van der Waals surface area contributed by atoms with Gasteiger partial charge in [-0.2, -0.15) is 0 Å². The van der Waals surface area contributed by atoms with Gasteiger partial charge >= 0.3 is 11.9 Å². The highest BCUT2D eigenvalue weighted by atomic mass is 19.2. The van der Waals surface area contributed by atoms with Gasteiger partial charge in [-0.05, 0) is 36.2 Å². The predicted octanol–water partition coefficient (Wildman–Crippen LogP) is 3.75. The minimum Gasteiger partial charge on any atom is -0.478 e. The zero-order chi connectivity index (χ0) is 17.6. The van der Waals surface area contributed by atoms with Crippen LogP contribution in [0.2, 0.25) is 0 Å². The van der Waals surface area contributed by atoms with E-state index in [2.05, 4.69) is 0 Å². The normalized spacial score (nSPS) is 9.74. The average Bonchev–Trinajstić information content (AvgIpc) is 2.52. The van der Waals surface area contributed by atoms with E-state index in [4.69, 9.17) is 10.2 Å². The Bertz CT molecular complexity index is 689. The van der Waals surface area contributed by atoms with E-state index in [0.29, 0.717) is 17.7 Å². The number of hydrogen-bond acceptors (Lipinski definition) is 2. The molecule has 23 heavy (non-hydrogen) atoms. The SMILES string of the molecule is CCc1ccc(C(=O)O)cc1.O=C(O)c1cc(F)c(F)c(F)c1. The topological polar surface area (TPSA) is 74.6 Å². The van der Waals surface area contributed by atoms with Crippen LogP contribution in [0.4, 0.5) is 13.2 Å². The maximum atomic E-state index is 12.3. The molecule has 4 nitrogen and oxygen atoms in total. The molecule has 0 saturated carbocycles. The van der Waals surface area contributed by atoms with Crippen LogP contribution in [0.25, 0.3) is 0 Å². The summed E-state index contributed by atoms with van der Waals surface area (Å²) in [5.74, 6) is -7.06. The molecule has 0 saturated heterocycles. The fourth-order valence-electron chi connectivity index (χ4n) is 1.56. The minimum atomic E-state index is -1.67. The van der Waals surface area contributed by atoms with Gasteiger partial charge in [-0.3, -0.25) is 0 Å². The van der Waals surface area contributed by atoms with E-state index < -0.39 is 35.0 Å². The lowest BCUT2D eigenvalue weighted by Gasteiger charge is -1.96. The van der Waals surface area contributed by atoms with Crippen molar-refractivity contribution in [1.29, 1.82) is 0 Å². The van der Waals surface area contributed by atoms with E-state index in [9.17, 15) is 22.8 Å². The van der Waals surface area contributed by atoms with Gasteiger partial charge in [-0.25, -0.2) is 22.8 Å². The largest absolute Gasteiger partial charge is 0.478 e. The van der Waals surface area contributed by atoms with Crippen molar-refractivity contribution < 1.29 is 33.0 Å². The van der Waals surface area contributed by atoms with Crippen molar-refractivity contribution in [3.8, 4) is 0 Å². The number of aromatic carboxylic acids is 2. The highest BCUT2D eigenvalue weighted by Crippen LogP contribution is 2.13. The number of benzene rings is 2. The lowest BCUT2D eigenvalue weighted by Crippen LogP contribution is -2.00. The first-order valence-corrected chi connectivity index (χ1v) is 6.46. The summed E-state index contributed by atoms with van der Waals surface area (Å²) in [6.07, 6.45) is 0.944. The van der Waals surface area contributed by atoms with Crippen molar-refractivity contribution in [1.82, 2.24) is 0 Å². The maximum Gasteiger partial charge on any atom is 0.335 e. The first-order chi connectivity index (χ1) is 10.8. The predicted molar refractivity (Wildman–Crippen MR) is 76.1 cm³/mol. The third-order valence-electron chi connectivity index (χ3n) is 2.84. The summed E-state index contributed by atoms with van der Waals surface area (Å²) in [7, 11) is 0. The second-order valence-electron chi connectivity index (χ2n) is 4.41. The van der Waals surface area contributed by atoms with Crippen molar-refractivity contribution in [2.45, 2.75) is 13.3 Å². The standard InChI is InChI=1S/C9H10O2.C7H3F3O2/c1-2-7-3-5-8(6-4-7)9(10)11;8-4-1-3(7(11)12)2-5(9)6(4)10/h3-6H,2H2,1H3,(H,10,11);1-2H,(H,11,12). The minimum absolute atomic E-state index is 0.349. The lowest BCUT2D eigenvalue weighted by atomic mass is 10.1. The van der Waals surface area contributed by atoms with Crippen LogP contribution in [0.15, 0.2) is 36.4 Å². The van der Waals surface area contributed by atoms with E-state index >= 15 is 0 Å². The highest BCUT2D eigenvalue weighted by Gasteiger charge is 2.13. The second kappa shape index (κ2) is 7.98. The molecule has 0 radical (unpaired) electrons. The fraction of sp³-hybridized carbons (Fsp3) is 0.125. The van der Waals surface area contributed by atoms with Gasteiger partial charge in [0.25, 0.3) is 0 Å². The van der Waals surface area contributed by atoms with Gasteiger partial charge in [-0.1, -0.05) is 19.1 Å². The Kier molecular flexibility index (Phi) is 6.32. The maximum absolute atomic E-state index is 12.3. The molecule has 0 aliphatic rings. The molecular formula is C16H13F3O4. The summed E-state index contributed by atoms with van der Waals surface area (Å²) >= 11 is 0. The number of carboxylic acids is 2. The van der Waals surface area contributed by atoms with Gasteiger partial charge in [-0.15, -0.1) is 0 Å². The number of halogens is 3. The van der Waals surface area contributed by atoms with E-state index in [1.165, 1.54) is 0 Å². The quantitative estimate of drug-likeness (QED) is 0.843. The van der Waals surface area contributed by atoms with Gasteiger partial charge in [0, 0.05) is 0 Å². The Morgan fingerprint density at radius 3 is 1.65 bits per heavy atom. The summed E-state index contributed by atoms with van der Waals surface area (Å²) in [5.41, 5.74) is 0.892. The molecule has 0 atom stereocenters. The number of carboxylic acid groups (broad SMARTS) is 2. The molecule has 0 aliphatic carbocycles. The van der Waals surface area contributed by atoms with Gasteiger partial charge in [0.2, 0.25) is 0 Å². The molecule has 0 heterocycles. The van der Waals surface area contributed by atoms with Gasteiger partial charge in [0.15, 0.2) is 17.5 Å². The van der Waals surface area contributed by atoms with Gasteiger partial charge in [0.05, 0.1) is 11.1 Å². The Hall–Kier alpha value is -2.83. The van der Waals surface area contributed by atoms with Crippen LogP contribution in [-0.2, 0) is 6.42 Å². The summed E-state index contributed by atoms with van der Waals surface area (Å²) < 4.78 is 36.9. The Morgan fingerprint density at radius 2 is 1.30 bits per heavy atom. The molecule has 2 aromatic rings. The van der Waals surface area contributed by atoms with E-state index in [1.54, 1.807) is 12.1 Å². The lowest BCUT2D eigenvalue weighted by molar-refractivity contribution is 0.0685. The van der Waals surface area contributed by atoms with Crippen LogP contribution < -0.4 is 0 Å². The summed E-state index contributed by atoms with van der Waals surface area (Å²) in [5, 5.41) is 16.8. The molecule has 0 unspecified atom stereocenters. The van der Waals surface area contributed by atoms with Crippen LogP contribution in [-0.4, -0.2) is 22.2 Å². The van der Waals surface area contributed by atoms with Gasteiger partial charge in [0.1, 0.15) is 0 Å². The molecular weight excluding hydrogens is 313 g/mol. The first kappa shape index (κ1) is 18.2. The highest BCUT2D eigenvalue weighted by molar-refractivity contribution is 5.87. The fourth-order valence-corrected chi connectivity index (χ4v) is 1.56. The number of carbonyl (C=O) groups is 2. The van der Waals surface area contributed by atoms with Crippen LogP contribution >= 0.6 is 0 Å². The van der Waals surface area contributed by atoms with Crippen molar-refractivity contribution in [2.75, 3.05) is 0 Å². The van der Waals surface area contributed by atoms with Crippen molar-refractivity contribution in [3.63, 3.8) is 0 Å². The van der Waals surface area contributed by atoms with Crippen LogP contribution in [0, 0.1) is 17.5 Å². The summed E-state index contributed by atoms with van der Waals surface area (Å²) in [4.78, 5) is 20.6. The Labute approximate surface area is 129 Å². The number of rotatable bonds is 3. The van der Waals surface area contributed by atoms with Crippen molar-refractivity contribution in [2.24, 2.45) is 0 Å². The molecule has 2 aromatic carbocycles. The van der Waals surface area contributed by atoms with E-state index in [-0.39, 0.29) is 0 Å². The van der Waals surface area contributed by atoms with E-state index in [0.717, 1.165) is 12.0 Å². The molecule has 0 fully saturated rings. The molecule has 0 bridgehead atoms. The zero-order valence-corrected chi connectivity index (χ0v) is 12.0. The number of hydrogen-bond donors (Lipinski definition) is 2. The summed E-state index contributed by atoms with van der Waals surface area (Å²) in [6.45, 7) is 2.04. The van der Waals surface area contributed by atoms with Crippen LogP contribution in [0.3, 0.4) is 0 Å². The average molecular weight is 326 g/mol. The Balaban J connectivity index is 0.000000231. The monoisotopic (exact) mass is 326 g/mol. The molecule has 122 valence electrons. The Morgan fingerprint density at radius 1 is 0.870 bits per heavy atom. The zero-order valence-electron chi connectivity index (χ0n) is 12.0. The van der Waals surface area contributed by atoms with Gasteiger partial charge < -0.3 is 10.2 Å².